The number of rotatable bonds is 4. The lowest BCUT2D eigenvalue weighted by Gasteiger charge is -2.09. The molecule has 1 saturated heterocycles. The molecule has 1 fully saturated rings. The molecule has 0 aliphatic carbocycles. The van der Waals surface area contributed by atoms with Crippen LogP contribution in [0.1, 0.15) is 6.42 Å². The molecule has 0 spiro atoms. The molecule has 0 saturated carbocycles. The average molecular weight is 374 g/mol. The zero-order valence-electron chi connectivity index (χ0n) is 13.5. The molecule has 1 aliphatic heterocycles. The molecular formula is C18H16ClN3O2S. The summed E-state index contributed by atoms with van der Waals surface area (Å²) >= 11 is 7.25. The minimum atomic E-state index is -0.480. The summed E-state index contributed by atoms with van der Waals surface area (Å²) in [5.41, 5.74) is 1.38. The van der Waals surface area contributed by atoms with Crippen LogP contribution in [0, 0.1) is 0 Å². The lowest BCUT2D eigenvalue weighted by atomic mass is 10.2. The Kier molecular flexibility index (Phi) is 5.40. The normalized spacial score (nSPS) is 18.6. The first kappa shape index (κ1) is 17.5. The third-order valence-electron chi connectivity index (χ3n) is 3.60. The van der Waals surface area contributed by atoms with Crippen molar-refractivity contribution in [2.45, 2.75) is 11.7 Å². The van der Waals surface area contributed by atoms with Gasteiger partial charge in [-0.1, -0.05) is 47.6 Å². The van der Waals surface area contributed by atoms with Crippen LogP contribution >= 0.6 is 23.4 Å². The smallest absolute Gasteiger partial charge is 0.242 e. The fraction of sp³-hybridized carbons (Fsp3) is 0.167. The molecule has 0 bridgehead atoms. The van der Waals surface area contributed by atoms with E-state index in [2.05, 4.69) is 10.3 Å². The van der Waals surface area contributed by atoms with E-state index in [1.165, 1.54) is 16.7 Å². The van der Waals surface area contributed by atoms with Crippen LogP contribution in [-0.4, -0.2) is 34.2 Å². The molecule has 1 aliphatic rings. The summed E-state index contributed by atoms with van der Waals surface area (Å²) in [5, 5.41) is 3.46. The van der Waals surface area contributed by atoms with Crippen LogP contribution < -0.4 is 5.32 Å². The summed E-state index contributed by atoms with van der Waals surface area (Å²) in [7, 11) is 1.66. The largest absolute Gasteiger partial charge is 0.326 e. The molecule has 128 valence electrons. The van der Waals surface area contributed by atoms with Crippen LogP contribution in [0.25, 0.3) is 0 Å². The van der Waals surface area contributed by atoms with E-state index < -0.39 is 5.25 Å². The van der Waals surface area contributed by atoms with Gasteiger partial charge < -0.3 is 5.32 Å². The number of nitrogens with zero attached hydrogens (tertiary/aromatic N) is 2. The Morgan fingerprint density at radius 1 is 1.24 bits per heavy atom. The highest BCUT2D eigenvalue weighted by atomic mass is 35.5. The number of carbonyl (C=O) groups is 2. The Bertz CT molecular complexity index is 826. The van der Waals surface area contributed by atoms with E-state index in [1.54, 1.807) is 37.4 Å². The van der Waals surface area contributed by atoms with Gasteiger partial charge in [-0.15, -0.1) is 0 Å². The van der Waals surface area contributed by atoms with Crippen LogP contribution in [0.5, 0.6) is 0 Å². The third kappa shape index (κ3) is 4.41. The molecule has 2 aromatic carbocycles. The minimum absolute atomic E-state index is 0.0945. The van der Waals surface area contributed by atoms with Crippen molar-refractivity contribution in [3.8, 4) is 0 Å². The van der Waals surface area contributed by atoms with Crippen molar-refractivity contribution >= 4 is 51.7 Å². The van der Waals surface area contributed by atoms with Crippen LogP contribution in [0.3, 0.4) is 0 Å². The standard InChI is InChI=1S/C18H16ClN3O2S/c1-22-17(24)15(11-16(23)20-13-7-3-2-4-8-13)25-18(22)21-14-9-5-6-12(19)10-14/h2-10,15H,11H2,1H3,(H,20,23)/t15-/m0/s1. The topological polar surface area (TPSA) is 61.8 Å². The summed E-state index contributed by atoms with van der Waals surface area (Å²) in [6.45, 7) is 0. The SMILES string of the molecule is CN1C(=O)[C@H](CC(=O)Nc2ccccc2)SC1=Nc1cccc(Cl)c1. The molecule has 1 heterocycles. The highest BCUT2D eigenvalue weighted by Gasteiger charge is 2.36. The lowest BCUT2D eigenvalue weighted by Crippen LogP contribution is -2.30. The van der Waals surface area contributed by atoms with Gasteiger partial charge in [-0.3, -0.25) is 14.5 Å². The molecule has 0 aromatic heterocycles. The number of thioether (sulfide) groups is 1. The van der Waals surface area contributed by atoms with Crippen LogP contribution in [0.4, 0.5) is 11.4 Å². The number of halogens is 1. The Labute approximate surface area is 155 Å². The van der Waals surface area contributed by atoms with Crippen molar-refractivity contribution in [3.05, 3.63) is 59.6 Å². The van der Waals surface area contributed by atoms with Gasteiger partial charge in [0.25, 0.3) is 0 Å². The maximum atomic E-state index is 12.4. The Morgan fingerprint density at radius 2 is 2.00 bits per heavy atom. The monoisotopic (exact) mass is 373 g/mol. The van der Waals surface area contributed by atoms with E-state index in [9.17, 15) is 9.59 Å². The van der Waals surface area contributed by atoms with Gasteiger partial charge in [0.05, 0.1) is 5.69 Å². The molecule has 7 heteroatoms. The van der Waals surface area contributed by atoms with Gasteiger partial charge in [-0.25, -0.2) is 4.99 Å². The van der Waals surface area contributed by atoms with Crippen LogP contribution in [0.2, 0.25) is 5.02 Å². The first-order chi connectivity index (χ1) is 12.0. The molecular weight excluding hydrogens is 358 g/mol. The highest BCUT2D eigenvalue weighted by molar-refractivity contribution is 8.15. The predicted molar refractivity (Wildman–Crippen MR) is 102 cm³/mol. The third-order valence-corrected chi connectivity index (χ3v) is 5.07. The average Bonchev–Trinajstić information content (AvgIpc) is 2.84. The van der Waals surface area contributed by atoms with Gasteiger partial charge in [0.15, 0.2) is 5.17 Å². The van der Waals surface area contributed by atoms with E-state index >= 15 is 0 Å². The molecule has 3 rings (SSSR count). The van der Waals surface area contributed by atoms with Crippen molar-refractivity contribution < 1.29 is 9.59 Å². The maximum Gasteiger partial charge on any atom is 0.242 e. The lowest BCUT2D eigenvalue weighted by molar-refractivity contribution is -0.127. The molecule has 2 amide bonds. The van der Waals surface area contributed by atoms with Crippen molar-refractivity contribution in [3.63, 3.8) is 0 Å². The number of benzene rings is 2. The summed E-state index contributed by atoms with van der Waals surface area (Å²) in [4.78, 5) is 30.5. The van der Waals surface area contributed by atoms with Crippen LogP contribution in [0.15, 0.2) is 59.6 Å². The summed E-state index contributed by atoms with van der Waals surface area (Å²) < 4.78 is 0. The van der Waals surface area contributed by atoms with Gasteiger partial charge in [0.2, 0.25) is 11.8 Å². The number of hydrogen-bond acceptors (Lipinski definition) is 4. The molecule has 5 nitrogen and oxygen atoms in total. The number of hydrogen-bond donors (Lipinski definition) is 1. The van der Waals surface area contributed by atoms with Gasteiger partial charge >= 0.3 is 0 Å². The second-order valence-electron chi connectivity index (χ2n) is 5.50. The predicted octanol–water partition coefficient (Wildman–Crippen LogP) is 3.93. The fourth-order valence-corrected chi connectivity index (χ4v) is 3.69. The van der Waals surface area contributed by atoms with Crippen molar-refractivity contribution in [1.82, 2.24) is 4.90 Å². The summed E-state index contributed by atoms with van der Waals surface area (Å²) in [5.74, 6) is -0.330. The second-order valence-corrected chi connectivity index (χ2v) is 7.10. The van der Waals surface area contributed by atoms with E-state index in [0.29, 0.717) is 21.6 Å². The van der Waals surface area contributed by atoms with E-state index in [1.807, 2.05) is 24.3 Å². The fourth-order valence-electron chi connectivity index (χ4n) is 2.36. The molecule has 1 atom stereocenters. The Balaban J connectivity index is 1.67. The number of anilines is 1. The van der Waals surface area contributed by atoms with Gasteiger partial charge in [-0.2, -0.15) is 0 Å². The summed E-state index contributed by atoms with van der Waals surface area (Å²) in [6, 6.07) is 16.3. The molecule has 2 aromatic rings. The van der Waals surface area contributed by atoms with Crippen LogP contribution in [-0.2, 0) is 9.59 Å². The number of nitrogens with one attached hydrogen (secondary N) is 1. The van der Waals surface area contributed by atoms with Gasteiger partial charge in [0, 0.05) is 24.2 Å². The van der Waals surface area contributed by atoms with Gasteiger partial charge in [0.1, 0.15) is 5.25 Å². The molecule has 25 heavy (non-hydrogen) atoms. The maximum absolute atomic E-state index is 12.4. The number of amides is 2. The zero-order chi connectivity index (χ0) is 17.8. The minimum Gasteiger partial charge on any atom is -0.326 e. The van der Waals surface area contributed by atoms with Crippen molar-refractivity contribution in [2.24, 2.45) is 4.99 Å². The van der Waals surface area contributed by atoms with E-state index in [4.69, 9.17) is 11.6 Å². The molecule has 0 radical (unpaired) electrons. The zero-order valence-corrected chi connectivity index (χ0v) is 15.1. The van der Waals surface area contributed by atoms with Gasteiger partial charge in [-0.05, 0) is 30.3 Å². The Hall–Kier alpha value is -2.31. The number of amidine groups is 1. The van der Waals surface area contributed by atoms with Crippen molar-refractivity contribution in [1.29, 1.82) is 0 Å². The quantitative estimate of drug-likeness (QED) is 0.883. The number of aliphatic imine (C=N–C) groups is 1. The second kappa shape index (κ2) is 7.72. The summed E-state index contributed by atoms with van der Waals surface area (Å²) in [6.07, 6.45) is 0.0945. The van der Waals surface area contributed by atoms with E-state index in [0.717, 1.165) is 0 Å². The van der Waals surface area contributed by atoms with E-state index in [-0.39, 0.29) is 18.2 Å². The first-order valence-corrected chi connectivity index (χ1v) is 8.92. The van der Waals surface area contributed by atoms with Crippen molar-refractivity contribution in [2.75, 3.05) is 12.4 Å². The number of para-hydroxylation sites is 1. The molecule has 1 N–H and O–H groups in total. The first-order valence-electron chi connectivity index (χ1n) is 7.66. The number of carbonyl (C=O) groups excluding carboxylic acids is 2. The molecule has 0 unspecified atom stereocenters. The highest BCUT2D eigenvalue weighted by Crippen LogP contribution is 2.31. The Morgan fingerprint density at radius 3 is 2.72 bits per heavy atom.